The van der Waals surface area contributed by atoms with E-state index in [0.29, 0.717) is 18.9 Å². The minimum absolute atomic E-state index is 0.0743. The summed E-state index contributed by atoms with van der Waals surface area (Å²) in [4.78, 5) is 11.9. The molecule has 0 heterocycles. The summed E-state index contributed by atoms with van der Waals surface area (Å²) in [6.45, 7) is 10.5. The molecule has 4 nitrogen and oxygen atoms in total. The Hall–Kier alpha value is -1.55. The standard InChI is InChI=1S/C17H28N2O2/c1-11(2)9-15(18)17(20)19-14(5)10-21-16-12(3)7-6-8-13(16)4/h6-8,11,14-15H,9-10,18H2,1-5H3,(H,19,20)/t14?,15-/m0/s1. The maximum atomic E-state index is 11.9. The Balaban J connectivity index is 2.47. The first-order valence-corrected chi connectivity index (χ1v) is 7.56. The summed E-state index contributed by atoms with van der Waals surface area (Å²) in [5, 5.41) is 2.91. The van der Waals surface area contributed by atoms with Crippen LogP contribution >= 0.6 is 0 Å². The molecule has 21 heavy (non-hydrogen) atoms. The lowest BCUT2D eigenvalue weighted by atomic mass is 10.0. The molecule has 1 aromatic carbocycles. The number of nitrogens with two attached hydrogens (primary N) is 1. The van der Waals surface area contributed by atoms with Crippen LogP contribution in [0.15, 0.2) is 18.2 Å². The first-order chi connectivity index (χ1) is 9.81. The number of hydrogen-bond donors (Lipinski definition) is 2. The SMILES string of the molecule is Cc1cccc(C)c1OCC(C)NC(=O)[C@@H](N)CC(C)C. The molecular formula is C17H28N2O2. The highest BCUT2D eigenvalue weighted by Crippen LogP contribution is 2.22. The molecule has 0 aliphatic rings. The largest absolute Gasteiger partial charge is 0.491 e. The van der Waals surface area contributed by atoms with Crippen molar-refractivity contribution in [3.8, 4) is 5.75 Å². The minimum Gasteiger partial charge on any atom is -0.491 e. The van der Waals surface area contributed by atoms with Crippen LogP contribution in [0.2, 0.25) is 0 Å². The monoisotopic (exact) mass is 292 g/mol. The van der Waals surface area contributed by atoms with E-state index >= 15 is 0 Å². The van der Waals surface area contributed by atoms with E-state index in [9.17, 15) is 4.79 Å². The van der Waals surface area contributed by atoms with Crippen LogP contribution in [-0.4, -0.2) is 24.6 Å². The quantitative estimate of drug-likeness (QED) is 0.812. The van der Waals surface area contributed by atoms with Gasteiger partial charge < -0.3 is 15.8 Å². The Morgan fingerprint density at radius 2 is 1.81 bits per heavy atom. The summed E-state index contributed by atoms with van der Waals surface area (Å²) in [6, 6.07) is 5.52. The number of nitrogens with one attached hydrogen (secondary N) is 1. The lowest BCUT2D eigenvalue weighted by molar-refractivity contribution is -0.123. The molecule has 0 spiro atoms. The second-order valence-corrected chi connectivity index (χ2v) is 6.18. The predicted molar refractivity (Wildman–Crippen MR) is 86.4 cm³/mol. The zero-order valence-corrected chi connectivity index (χ0v) is 13.8. The molecule has 0 aromatic heterocycles. The second kappa shape index (κ2) is 8.03. The van der Waals surface area contributed by atoms with Crippen molar-refractivity contribution < 1.29 is 9.53 Å². The van der Waals surface area contributed by atoms with Crippen molar-refractivity contribution in [1.29, 1.82) is 0 Å². The molecule has 1 unspecified atom stereocenters. The van der Waals surface area contributed by atoms with E-state index in [1.807, 2.05) is 39.0 Å². The molecule has 1 rings (SSSR count). The third-order valence-corrected chi connectivity index (χ3v) is 3.34. The van der Waals surface area contributed by atoms with Crippen molar-refractivity contribution in [2.45, 2.75) is 53.1 Å². The van der Waals surface area contributed by atoms with Gasteiger partial charge in [0.25, 0.3) is 0 Å². The van der Waals surface area contributed by atoms with E-state index in [0.717, 1.165) is 16.9 Å². The van der Waals surface area contributed by atoms with Crippen LogP contribution < -0.4 is 15.8 Å². The number of ether oxygens (including phenoxy) is 1. The second-order valence-electron chi connectivity index (χ2n) is 6.18. The molecule has 0 fully saturated rings. The molecule has 2 atom stereocenters. The number of rotatable bonds is 7. The first kappa shape index (κ1) is 17.5. The Labute approximate surface area is 128 Å². The van der Waals surface area contributed by atoms with Crippen LogP contribution in [0.4, 0.5) is 0 Å². The maximum absolute atomic E-state index is 11.9. The summed E-state index contributed by atoms with van der Waals surface area (Å²) in [5.74, 6) is 1.19. The van der Waals surface area contributed by atoms with Gasteiger partial charge in [0.05, 0.1) is 12.1 Å². The number of benzene rings is 1. The van der Waals surface area contributed by atoms with Gasteiger partial charge in [0.15, 0.2) is 0 Å². The summed E-state index contributed by atoms with van der Waals surface area (Å²) in [7, 11) is 0. The van der Waals surface area contributed by atoms with E-state index in [1.165, 1.54) is 0 Å². The van der Waals surface area contributed by atoms with Gasteiger partial charge in [-0.15, -0.1) is 0 Å². The number of hydrogen-bond acceptors (Lipinski definition) is 3. The third kappa shape index (κ3) is 5.76. The molecule has 4 heteroatoms. The molecule has 3 N–H and O–H groups in total. The predicted octanol–water partition coefficient (Wildman–Crippen LogP) is 2.56. The van der Waals surface area contributed by atoms with Gasteiger partial charge in [-0.25, -0.2) is 0 Å². The van der Waals surface area contributed by atoms with Gasteiger partial charge in [-0.1, -0.05) is 32.0 Å². The van der Waals surface area contributed by atoms with Crippen LogP contribution in [-0.2, 0) is 4.79 Å². The molecule has 0 aliphatic carbocycles. The van der Waals surface area contributed by atoms with E-state index < -0.39 is 6.04 Å². The average Bonchev–Trinajstić information content (AvgIpc) is 2.37. The number of carbonyl (C=O) groups excluding carboxylic acids is 1. The lowest BCUT2D eigenvalue weighted by Gasteiger charge is -2.20. The fraction of sp³-hybridized carbons (Fsp3) is 0.588. The van der Waals surface area contributed by atoms with Crippen molar-refractivity contribution in [1.82, 2.24) is 5.32 Å². The first-order valence-electron chi connectivity index (χ1n) is 7.56. The highest BCUT2D eigenvalue weighted by Gasteiger charge is 2.17. The van der Waals surface area contributed by atoms with Crippen LogP contribution in [0.5, 0.6) is 5.75 Å². The van der Waals surface area contributed by atoms with Gasteiger partial charge in [0.2, 0.25) is 5.91 Å². The van der Waals surface area contributed by atoms with Crippen LogP contribution in [0, 0.1) is 19.8 Å². The van der Waals surface area contributed by atoms with Crippen LogP contribution in [0.25, 0.3) is 0 Å². The lowest BCUT2D eigenvalue weighted by Crippen LogP contribution is -2.46. The summed E-state index contributed by atoms with van der Waals surface area (Å²) in [6.07, 6.45) is 0.691. The van der Waals surface area contributed by atoms with Gasteiger partial charge in [0.1, 0.15) is 12.4 Å². The van der Waals surface area contributed by atoms with Crippen molar-refractivity contribution >= 4 is 5.91 Å². The Morgan fingerprint density at radius 3 is 2.33 bits per heavy atom. The Kier molecular flexibility index (Phi) is 6.69. The fourth-order valence-electron chi connectivity index (χ4n) is 2.24. The number of amides is 1. The molecule has 1 amide bonds. The summed E-state index contributed by atoms with van der Waals surface area (Å²) >= 11 is 0. The van der Waals surface area contributed by atoms with Crippen LogP contribution in [0.1, 0.15) is 38.3 Å². The van der Waals surface area contributed by atoms with Gasteiger partial charge in [-0.3, -0.25) is 4.79 Å². The molecule has 0 radical (unpaired) electrons. The molecule has 1 aromatic rings. The van der Waals surface area contributed by atoms with E-state index in [4.69, 9.17) is 10.5 Å². The topological polar surface area (TPSA) is 64.3 Å². The fourth-order valence-corrected chi connectivity index (χ4v) is 2.24. The molecule has 0 aliphatic heterocycles. The van der Waals surface area contributed by atoms with Gasteiger partial charge >= 0.3 is 0 Å². The van der Waals surface area contributed by atoms with E-state index in [-0.39, 0.29) is 11.9 Å². The van der Waals surface area contributed by atoms with Crippen molar-refractivity contribution in [3.63, 3.8) is 0 Å². The molecular weight excluding hydrogens is 264 g/mol. The molecule has 0 bridgehead atoms. The minimum atomic E-state index is -0.451. The van der Waals surface area contributed by atoms with Crippen molar-refractivity contribution in [2.75, 3.05) is 6.61 Å². The number of aryl methyl sites for hydroxylation is 2. The van der Waals surface area contributed by atoms with Gasteiger partial charge in [0, 0.05) is 0 Å². The Morgan fingerprint density at radius 1 is 1.24 bits per heavy atom. The number of carbonyl (C=O) groups is 1. The zero-order chi connectivity index (χ0) is 16.0. The molecule has 0 saturated heterocycles. The maximum Gasteiger partial charge on any atom is 0.237 e. The zero-order valence-electron chi connectivity index (χ0n) is 13.8. The van der Waals surface area contributed by atoms with Crippen molar-refractivity contribution in [2.24, 2.45) is 11.7 Å². The number of para-hydroxylation sites is 1. The summed E-state index contributed by atoms with van der Waals surface area (Å²) in [5.41, 5.74) is 8.07. The van der Waals surface area contributed by atoms with Crippen LogP contribution in [0.3, 0.4) is 0 Å². The third-order valence-electron chi connectivity index (χ3n) is 3.34. The highest BCUT2D eigenvalue weighted by atomic mass is 16.5. The smallest absolute Gasteiger partial charge is 0.237 e. The summed E-state index contributed by atoms with van der Waals surface area (Å²) < 4.78 is 5.84. The normalized spacial score (nSPS) is 13.9. The van der Waals surface area contributed by atoms with Gasteiger partial charge in [-0.05, 0) is 44.2 Å². The van der Waals surface area contributed by atoms with Gasteiger partial charge in [-0.2, -0.15) is 0 Å². The molecule has 118 valence electrons. The van der Waals surface area contributed by atoms with Crippen molar-refractivity contribution in [3.05, 3.63) is 29.3 Å². The average molecular weight is 292 g/mol. The van der Waals surface area contributed by atoms with E-state index in [2.05, 4.69) is 19.2 Å². The van der Waals surface area contributed by atoms with E-state index in [1.54, 1.807) is 0 Å². The highest BCUT2D eigenvalue weighted by molar-refractivity contribution is 5.81. The molecule has 0 saturated carbocycles. The Bertz CT molecular complexity index is 452.